The summed E-state index contributed by atoms with van der Waals surface area (Å²) in [5.41, 5.74) is 0. The number of amides is 1. The Hall–Kier alpha value is -1.30. The number of halogens is 1. The quantitative estimate of drug-likeness (QED) is 0.800. The van der Waals surface area contributed by atoms with Crippen molar-refractivity contribution in [3.05, 3.63) is 29.3 Å². The van der Waals surface area contributed by atoms with Crippen LogP contribution < -0.4 is 4.74 Å². The third-order valence-corrected chi connectivity index (χ3v) is 4.19. The standard InChI is InChI=1S/C16H23ClN2O3/c1-13(16(20)19-8-10-21-11-9-19)18(2)7-12-22-15-6-4-3-5-14(15)17/h3-6,13H,7-12H2,1-2H3/t13-/m1/s1. The second-order valence-electron chi connectivity index (χ2n) is 5.37. The first-order valence-electron chi connectivity index (χ1n) is 7.53. The highest BCUT2D eigenvalue weighted by Crippen LogP contribution is 2.22. The highest BCUT2D eigenvalue weighted by molar-refractivity contribution is 6.32. The molecule has 0 unspecified atom stereocenters. The Kier molecular flexibility index (Phi) is 6.49. The van der Waals surface area contributed by atoms with Gasteiger partial charge in [-0.3, -0.25) is 9.69 Å². The van der Waals surface area contributed by atoms with E-state index in [1.54, 1.807) is 6.07 Å². The summed E-state index contributed by atoms with van der Waals surface area (Å²) >= 11 is 6.04. The number of carbonyl (C=O) groups is 1. The Morgan fingerprint density at radius 3 is 2.77 bits per heavy atom. The first-order chi connectivity index (χ1) is 10.6. The molecule has 6 heteroatoms. The van der Waals surface area contributed by atoms with Crippen LogP contribution in [-0.2, 0) is 9.53 Å². The fourth-order valence-corrected chi connectivity index (χ4v) is 2.48. The highest BCUT2D eigenvalue weighted by atomic mass is 35.5. The summed E-state index contributed by atoms with van der Waals surface area (Å²) in [6.45, 7) is 5.66. The van der Waals surface area contributed by atoms with E-state index in [9.17, 15) is 4.79 Å². The number of morpholine rings is 1. The van der Waals surface area contributed by atoms with Crippen molar-refractivity contribution >= 4 is 17.5 Å². The van der Waals surface area contributed by atoms with Crippen LogP contribution in [0.1, 0.15) is 6.92 Å². The summed E-state index contributed by atoms with van der Waals surface area (Å²) in [7, 11) is 1.93. The molecule has 1 fully saturated rings. The summed E-state index contributed by atoms with van der Waals surface area (Å²) in [5, 5.41) is 0.600. The third kappa shape index (κ3) is 4.60. The number of carbonyl (C=O) groups excluding carboxylic acids is 1. The van der Waals surface area contributed by atoms with Gasteiger partial charge < -0.3 is 14.4 Å². The predicted molar refractivity (Wildman–Crippen MR) is 86.4 cm³/mol. The molecule has 0 N–H and O–H groups in total. The lowest BCUT2D eigenvalue weighted by Gasteiger charge is -2.32. The second-order valence-corrected chi connectivity index (χ2v) is 5.78. The van der Waals surface area contributed by atoms with E-state index in [0.29, 0.717) is 50.2 Å². The molecular formula is C16H23ClN2O3. The first kappa shape index (κ1) is 17.1. The first-order valence-corrected chi connectivity index (χ1v) is 7.91. The van der Waals surface area contributed by atoms with Gasteiger partial charge in [0.1, 0.15) is 12.4 Å². The summed E-state index contributed by atoms with van der Waals surface area (Å²) in [5.74, 6) is 0.813. The Morgan fingerprint density at radius 1 is 1.41 bits per heavy atom. The van der Waals surface area contributed by atoms with Crippen LogP contribution in [-0.4, -0.2) is 68.3 Å². The molecule has 0 bridgehead atoms. The van der Waals surface area contributed by atoms with Crippen LogP contribution in [0.5, 0.6) is 5.75 Å². The number of para-hydroxylation sites is 1. The maximum Gasteiger partial charge on any atom is 0.239 e. The minimum Gasteiger partial charge on any atom is -0.491 e. The van der Waals surface area contributed by atoms with Crippen LogP contribution in [0.25, 0.3) is 0 Å². The fraction of sp³-hybridized carbons (Fsp3) is 0.562. The van der Waals surface area contributed by atoms with Gasteiger partial charge in [0.2, 0.25) is 5.91 Å². The van der Waals surface area contributed by atoms with Crippen LogP contribution >= 0.6 is 11.6 Å². The van der Waals surface area contributed by atoms with Gasteiger partial charge in [-0.15, -0.1) is 0 Å². The number of hydrogen-bond acceptors (Lipinski definition) is 4. The monoisotopic (exact) mass is 326 g/mol. The van der Waals surface area contributed by atoms with E-state index in [1.807, 2.05) is 42.0 Å². The SMILES string of the molecule is C[C@H](C(=O)N1CCOCC1)N(C)CCOc1ccccc1Cl. The zero-order valence-electron chi connectivity index (χ0n) is 13.1. The molecule has 1 aromatic carbocycles. The molecule has 1 aliphatic rings. The van der Waals surface area contributed by atoms with E-state index < -0.39 is 0 Å². The number of ether oxygens (including phenoxy) is 2. The van der Waals surface area contributed by atoms with Crippen molar-refractivity contribution in [3.63, 3.8) is 0 Å². The summed E-state index contributed by atoms with van der Waals surface area (Å²) in [4.78, 5) is 16.2. The molecule has 22 heavy (non-hydrogen) atoms. The Labute approximate surface area is 136 Å². The molecule has 1 atom stereocenters. The molecule has 0 spiro atoms. The molecule has 1 aliphatic heterocycles. The highest BCUT2D eigenvalue weighted by Gasteiger charge is 2.25. The molecule has 1 aromatic rings. The van der Waals surface area contributed by atoms with Crippen molar-refractivity contribution in [2.45, 2.75) is 13.0 Å². The van der Waals surface area contributed by atoms with E-state index in [4.69, 9.17) is 21.1 Å². The number of benzene rings is 1. The number of hydrogen-bond donors (Lipinski definition) is 0. The molecular weight excluding hydrogens is 304 g/mol. The molecule has 0 saturated carbocycles. The van der Waals surface area contributed by atoms with Crippen LogP contribution in [0.2, 0.25) is 5.02 Å². The van der Waals surface area contributed by atoms with Gasteiger partial charge in [-0.25, -0.2) is 0 Å². The van der Waals surface area contributed by atoms with Crippen molar-refractivity contribution < 1.29 is 14.3 Å². The minimum absolute atomic E-state index is 0.142. The van der Waals surface area contributed by atoms with Gasteiger partial charge in [0.05, 0.1) is 24.3 Å². The molecule has 0 aromatic heterocycles. The maximum atomic E-state index is 12.4. The average Bonchev–Trinajstić information content (AvgIpc) is 2.56. The normalized spacial score (nSPS) is 16.6. The van der Waals surface area contributed by atoms with E-state index in [-0.39, 0.29) is 11.9 Å². The molecule has 1 amide bonds. The van der Waals surface area contributed by atoms with Gasteiger partial charge in [0.25, 0.3) is 0 Å². The summed E-state index contributed by atoms with van der Waals surface area (Å²) in [6.07, 6.45) is 0. The van der Waals surface area contributed by atoms with Gasteiger partial charge in [-0.1, -0.05) is 23.7 Å². The molecule has 0 radical (unpaired) electrons. The van der Waals surface area contributed by atoms with Crippen molar-refractivity contribution in [1.82, 2.24) is 9.80 Å². The van der Waals surface area contributed by atoms with Crippen molar-refractivity contribution in [2.24, 2.45) is 0 Å². The number of likely N-dealkylation sites (N-methyl/N-ethyl adjacent to an activating group) is 1. The van der Waals surface area contributed by atoms with Gasteiger partial charge in [-0.05, 0) is 26.1 Å². The number of rotatable bonds is 6. The fourth-order valence-electron chi connectivity index (χ4n) is 2.29. The number of nitrogens with zero attached hydrogens (tertiary/aromatic N) is 2. The van der Waals surface area contributed by atoms with Crippen molar-refractivity contribution in [3.8, 4) is 5.75 Å². The lowest BCUT2D eigenvalue weighted by Crippen LogP contribution is -2.50. The van der Waals surface area contributed by atoms with E-state index >= 15 is 0 Å². The lowest BCUT2D eigenvalue weighted by atomic mass is 10.2. The lowest BCUT2D eigenvalue weighted by molar-refractivity contribution is -0.140. The Bertz CT molecular complexity index is 492. The molecule has 2 rings (SSSR count). The van der Waals surface area contributed by atoms with Gasteiger partial charge in [0, 0.05) is 19.6 Å². The van der Waals surface area contributed by atoms with Crippen LogP contribution in [0, 0.1) is 0 Å². The summed E-state index contributed by atoms with van der Waals surface area (Å²) in [6, 6.07) is 7.21. The minimum atomic E-state index is -0.173. The second kappa shape index (κ2) is 8.36. The van der Waals surface area contributed by atoms with E-state index in [0.717, 1.165) is 0 Å². The molecule has 1 saturated heterocycles. The predicted octanol–water partition coefficient (Wildman–Crippen LogP) is 1.90. The van der Waals surface area contributed by atoms with Crippen LogP contribution in [0.4, 0.5) is 0 Å². The average molecular weight is 327 g/mol. The molecule has 1 heterocycles. The van der Waals surface area contributed by atoms with Crippen LogP contribution in [0.3, 0.4) is 0 Å². The molecule has 122 valence electrons. The largest absolute Gasteiger partial charge is 0.491 e. The van der Waals surface area contributed by atoms with Gasteiger partial charge in [0.15, 0.2) is 0 Å². The van der Waals surface area contributed by atoms with Crippen molar-refractivity contribution in [1.29, 1.82) is 0 Å². The van der Waals surface area contributed by atoms with Gasteiger partial charge >= 0.3 is 0 Å². The topological polar surface area (TPSA) is 42.0 Å². The van der Waals surface area contributed by atoms with Crippen molar-refractivity contribution in [2.75, 3.05) is 46.5 Å². The van der Waals surface area contributed by atoms with Crippen LogP contribution in [0.15, 0.2) is 24.3 Å². The van der Waals surface area contributed by atoms with Gasteiger partial charge in [-0.2, -0.15) is 0 Å². The van der Waals surface area contributed by atoms with E-state index in [1.165, 1.54) is 0 Å². The zero-order valence-corrected chi connectivity index (χ0v) is 13.9. The maximum absolute atomic E-state index is 12.4. The third-order valence-electron chi connectivity index (χ3n) is 3.88. The summed E-state index contributed by atoms with van der Waals surface area (Å²) < 4.78 is 10.9. The zero-order chi connectivity index (χ0) is 15.9. The Balaban J connectivity index is 1.77. The smallest absolute Gasteiger partial charge is 0.239 e. The van der Waals surface area contributed by atoms with E-state index in [2.05, 4.69) is 0 Å². The molecule has 0 aliphatic carbocycles. The molecule has 5 nitrogen and oxygen atoms in total. The Morgan fingerprint density at radius 2 is 2.09 bits per heavy atom.